The van der Waals surface area contributed by atoms with E-state index in [1.807, 2.05) is 41.3 Å². The van der Waals surface area contributed by atoms with Crippen molar-refractivity contribution in [3.63, 3.8) is 0 Å². The Hall–Kier alpha value is -2.10. The molecule has 3 unspecified atom stereocenters. The Labute approximate surface area is 124 Å². The number of hydrogen-bond donors (Lipinski definition) is 1. The van der Waals surface area contributed by atoms with Gasteiger partial charge in [0, 0.05) is 6.54 Å². The zero-order valence-electron chi connectivity index (χ0n) is 11.8. The van der Waals surface area contributed by atoms with Crippen LogP contribution in [0.2, 0.25) is 0 Å². The molecule has 0 bridgehead atoms. The summed E-state index contributed by atoms with van der Waals surface area (Å²) in [6, 6.07) is 10.1. The maximum absolute atomic E-state index is 12.4. The van der Waals surface area contributed by atoms with Gasteiger partial charge in [0.1, 0.15) is 0 Å². The van der Waals surface area contributed by atoms with Crippen molar-refractivity contribution in [3.8, 4) is 0 Å². The van der Waals surface area contributed by atoms with E-state index >= 15 is 0 Å². The number of carbonyl (C=O) groups is 2. The monoisotopic (exact) mass is 285 g/mol. The first-order chi connectivity index (χ1) is 10.2. The maximum atomic E-state index is 12.4. The lowest BCUT2D eigenvalue weighted by Crippen LogP contribution is -2.36. The fourth-order valence-corrected chi connectivity index (χ4v) is 3.01. The third-order valence-corrected chi connectivity index (χ3v) is 4.32. The first-order valence-electron chi connectivity index (χ1n) is 7.43. The van der Waals surface area contributed by atoms with Crippen LogP contribution in [0.15, 0.2) is 36.4 Å². The predicted octanol–water partition coefficient (Wildman–Crippen LogP) is 2.41. The van der Waals surface area contributed by atoms with Gasteiger partial charge in [-0.1, -0.05) is 42.5 Å². The summed E-state index contributed by atoms with van der Waals surface area (Å²) >= 11 is 0. The molecule has 1 aromatic carbocycles. The van der Waals surface area contributed by atoms with E-state index in [4.69, 9.17) is 5.11 Å². The maximum Gasteiger partial charge on any atom is 0.307 e. The number of nitrogens with zero attached hydrogens (tertiary/aromatic N) is 1. The Morgan fingerprint density at radius 2 is 1.95 bits per heavy atom. The lowest BCUT2D eigenvalue weighted by molar-refractivity contribution is -0.142. The number of amides is 1. The smallest absolute Gasteiger partial charge is 0.307 e. The quantitative estimate of drug-likeness (QED) is 0.924. The lowest BCUT2D eigenvalue weighted by atomic mass is 10.1. The summed E-state index contributed by atoms with van der Waals surface area (Å²) in [5.41, 5.74) is 1.12. The number of carboxylic acids is 1. The lowest BCUT2D eigenvalue weighted by Gasteiger charge is -2.22. The molecule has 3 rings (SSSR count). The molecule has 1 N–H and O–H groups in total. The molecule has 21 heavy (non-hydrogen) atoms. The van der Waals surface area contributed by atoms with Gasteiger partial charge < -0.3 is 10.0 Å². The summed E-state index contributed by atoms with van der Waals surface area (Å²) in [6.07, 6.45) is 6.55. The second-order valence-corrected chi connectivity index (χ2v) is 5.80. The first-order valence-corrected chi connectivity index (χ1v) is 7.43. The predicted molar refractivity (Wildman–Crippen MR) is 79.4 cm³/mol. The number of carbonyl (C=O) groups excluding carboxylic acids is 1. The highest BCUT2D eigenvalue weighted by molar-refractivity contribution is 5.90. The Bertz CT molecular complexity index is 567. The molecule has 0 radical (unpaired) electrons. The number of hydrogen-bond acceptors (Lipinski definition) is 2. The van der Waals surface area contributed by atoms with Gasteiger partial charge in [0.15, 0.2) is 0 Å². The van der Waals surface area contributed by atoms with E-state index < -0.39 is 11.9 Å². The Morgan fingerprint density at radius 1 is 1.19 bits per heavy atom. The molecule has 1 amide bonds. The standard InChI is InChI=1S/C17H19NO3/c19-16(14-11-15(14)17(20)21)18-10-4-7-13(18)9-8-12-5-2-1-3-6-12/h1-3,5-6,8-9,13-15H,4,7,10-11H2,(H,20,21)/b9-8+. The van der Waals surface area contributed by atoms with Crippen molar-refractivity contribution in [1.82, 2.24) is 4.90 Å². The molecule has 1 saturated carbocycles. The van der Waals surface area contributed by atoms with Crippen molar-refractivity contribution in [1.29, 1.82) is 0 Å². The van der Waals surface area contributed by atoms with Gasteiger partial charge in [-0.2, -0.15) is 0 Å². The second kappa shape index (κ2) is 5.72. The van der Waals surface area contributed by atoms with E-state index in [0.717, 1.165) is 24.9 Å². The van der Waals surface area contributed by atoms with E-state index in [9.17, 15) is 9.59 Å². The van der Waals surface area contributed by atoms with Gasteiger partial charge in [0.05, 0.1) is 17.9 Å². The average molecular weight is 285 g/mol. The van der Waals surface area contributed by atoms with Crippen LogP contribution in [0.3, 0.4) is 0 Å². The average Bonchev–Trinajstić information content (AvgIpc) is 3.17. The number of likely N-dealkylation sites (tertiary alicyclic amines) is 1. The molecule has 0 spiro atoms. The fraction of sp³-hybridized carbons (Fsp3) is 0.412. The minimum atomic E-state index is -0.844. The van der Waals surface area contributed by atoms with Gasteiger partial charge in [-0.15, -0.1) is 0 Å². The number of aliphatic carboxylic acids is 1. The van der Waals surface area contributed by atoms with Crippen LogP contribution in [0, 0.1) is 11.8 Å². The second-order valence-electron chi connectivity index (χ2n) is 5.80. The van der Waals surface area contributed by atoms with Crippen LogP contribution in [0.5, 0.6) is 0 Å². The van der Waals surface area contributed by atoms with Crippen molar-refractivity contribution < 1.29 is 14.7 Å². The summed E-state index contributed by atoms with van der Waals surface area (Å²) in [5.74, 6) is -1.59. The third-order valence-electron chi connectivity index (χ3n) is 4.32. The molecule has 1 saturated heterocycles. The molecule has 0 aromatic heterocycles. The molecule has 2 fully saturated rings. The highest BCUT2D eigenvalue weighted by Gasteiger charge is 2.50. The molecule has 3 atom stereocenters. The molecule has 4 heteroatoms. The van der Waals surface area contributed by atoms with Crippen LogP contribution >= 0.6 is 0 Å². The van der Waals surface area contributed by atoms with E-state index in [1.165, 1.54) is 0 Å². The largest absolute Gasteiger partial charge is 0.481 e. The van der Waals surface area contributed by atoms with Crippen molar-refractivity contribution in [2.45, 2.75) is 25.3 Å². The van der Waals surface area contributed by atoms with E-state index in [0.29, 0.717) is 6.42 Å². The van der Waals surface area contributed by atoms with Crippen molar-refractivity contribution in [3.05, 3.63) is 42.0 Å². The molecule has 4 nitrogen and oxygen atoms in total. The van der Waals surface area contributed by atoms with Gasteiger partial charge in [-0.25, -0.2) is 0 Å². The van der Waals surface area contributed by atoms with Gasteiger partial charge in [-0.05, 0) is 24.8 Å². The SMILES string of the molecule is O=C(O)C1CC1C(=O)N1CCCC1/C=C/c1ccccc1. The molecular weight excluding hydrogens is 266 g/mol. The highest BCUT2D eigenvalue weighted by Crippen LogP contribution is 2.41. The summed E-state index contributed by atoms with van der Waals surface area (Å²) < 4.78 is 0. The molecule has 2 aliphatic rings. The van der Waals surface area contributed by atoms with Gasteiger partial charge in [-0.3, -0.25) is 9.59 Å². The Balaban J connectivity index is 1.65. The van der Waals surface area contributed by atoms with Gasteiger partial charge in [0.2, 0.25) is 5.91 Å². The van der Waals surface area contributed by atoms with E-state index in [1.54, 1.807) is 0 Å². The fourth-order valence-electron chi connectivity index (χ4n) is 3.01. The topological polar surface area (TPSA) is 57.6 Å². The molecular formula is C17H19NO3. The van der Waals surface area contributed by atoms with Crippen molar-refractivity contribution in [2.24, 2.45) is 11.8 Å². The number of rotatable bonds is 4. The van der Waals surface area contributed by atoms with Crippen LogP contribution in [0.25, 0.3) is 6.08 Å². The van der Waals surface area contributed by atoms with E-state index in [-0.39, 0.29) is 17.9 Å². The third kappa shape index (κ3) is 2.99. The van der Waals surface area contributed by atoms with Crippen LogP contribution in [-0.4, -0.2) is 34.5 Å². The highest BCUT2D eigenvalue weighted by atomic mass is 16.4. The van der Waals surface area contributed by atoms with Crippen LogP contribution < -0.4 is 0 Å². The number of carboxylic acid groups (broad SMARTS) is 1. The first kappa shape index (κ1) is 13.9. The zero-order valence-corrected chi connectivity index (χ0v) is 11.8. The molecule has 1 aliphatic carbocycles. The summed E-state index contributed by atoms with van der Waals surface area (Å²) in [7, 11) is 0. The Kier molecular flexibility index (Phi) is 3.78. The van der Waals surface area contributed by atoms with Crippen molar-refractivity contribution in [2.75, 3.05) is 6.54 Å². The minimum Gasteiger partial charge on any atom is -0.481 e. The van der Waals surface area contributed by atoms with Gasteiger partial charge >= 0.3 is 5.97 Å². The zero-order chi connectivity index (χ0) is 14.8. The summed E-state index contributed by atoms with van der Waals surface area (Å²) in [6.45, 7) is 0.742. The summed E-state index contributed by atoms with van der Waals surface area (Å²) in [5, 5.41) is 8.95. The van der Waals surface area contributed by atoms with Crippen molar-refractivity contribution >= 4 is 18.0 Å². The molecule has 1 aliphatic heterocycles. The molecule has 110 valence electrons. The van der Waals surface area contributed by atoms with Crippen LogP contribution in [0.1, 0.15) is 24.8 Å². The molecule has 1 heterocycles. The minimum absolute atomic E-state index is 0.0163. The Morgan fingerprint density at radius 3 is 2.62 bits per heavy atom. The number of benzene rings is 1. The van der Waals surface area contributed by atoms with Crippen LogP contribution in [-0.2, 0) is 9.59 Å². The normalized spacial score (nSPS) is 28.0. The molecule has 1 aromatic rings. The van der Waals surface area contributed by atoms with E-state index in [2.05, 4.69) is 6.08 Å². The van der Waals surface area contributed by atoms with Crippen LogP contribution in [0.4, 0.5) is 0 Å². The van der Waals surface area contributed by atoms with Gasteiger partial charge in [0.25, 0.3) is 0 Å². The summed E-state index contributed by atoms with van der Waals surface area (Å²) in [4.78, 5) is 25.1.